The maximum absolute atomic E-state index is 5.01. The zero-order valence-corrected chi connectivity index (χ0v) is 53.0. The van der Waals surface area contributed by atoms with Crippen LogP contribution in [0.4, 0.5) is 0 Å². The Balaban J connectivity index is 0.000000147. The van der Waals surface area contributed by atoms with E-state index < -0.39 is 0 Å². The number of hydrogen-bond acceptors (Lipinski definition) is 8. The first-order chi connectivity index (χ1) is 48.5. The molecule has 14 aromatic carbocycles. The summed E-state index contributed by atoms with van der Waals surface area (Å²) in [6.07, 6.45) is 1.89. The molecule has 0 unspecified atom stereocenters. The van der Waals surface area contributed by atoms with Gasteiger partial charge < -0.3 is 0 Å². The van der Waals surface area contributed by atoms with Crippen molar-refractivity contribution < 1.29 is 0 Å². The topological polar surface area (TPSA) is 113 Å². The molecule has 4 heterocycles. The molecule has 10 nitrogen and oxygen atoms in total. The van der Waals surface area contributed by atoms with E-state index in [2.05, 4.69) is 226 Å². The van der Waals surface area contributed by atoms with Crippen LogP contribution in [0.25, 0.3) is 168 Å². The fraction of sp³-hybridized carbons (Fsp3) is 0. The Morgan fingerprint density at radius 1 is 0.235 bits per heavy atom. The summed E-state index contributed by atoms with van der Waals surface area (Å²) in [5.41, 5.74) is 23.1. The third kappa shape index (κ3) is 11.7. The predicted molar refractivity (Wildman–Crippen MR) is 398 cm³/mol. The summed E-state index contributed by atoms with van der Waals surface area (Å²) in [6.45, 7) is 0. The van der Waals surface area contributed by atoms with Crippen LogP contribution in [0.1, 0.15) is 0 Å². The number of benzene rings is 14. The van der Waals surface area contributed by atoms with E-state index >= 15 is 0 Å². The van der Waals surface area contributed by atoms with Crippen LogP contribution in [-0.2, 0) is 0 Å². The summed E-state index contributed by atoms with van der Waals surface area (Å²) in [7, 11) is 0. The number of aromatic nitrogens is 10. The van der Waals surface area contributed by atoms with Gasteiger partial charge in [-0.05, 0) is 133 Å². The molecule has 0 radical (unpaired) electrons. The molecule has 0 saturated carbocycles. The summed E-state index contributed by atoms with van der Waals surface area (Å²) < 4.78 is 4.01. The molecule has 0 amide bonds. The van der Waals surface area contributed by atoms with Crippen LogP contribution in [0.15, 0.2) is 352 Å². The van der Waals surface area contributed by atoms with Gasteiger partial charge in [0, 0.05) is 39.1 Å². The molecule has 98 heavy (non-hydrogen) atoms. The molecule has 0 spiro atoms. The van der Waals surface area contributed by atoms with Gasteiger partial charge in [-0.25, -0.2) is 34.6 Å². The predicted octanol–water partition coefficient (Wildman–Crippen LogP) is 21.4. The van der Waals surface area contributed by atoms with Gasteiger partial charge >= 0.3 is 0 Å². The number of fused-ring (bicyclic) bond motifs is 4. The quantitative estimate of drug-likeness (QED) is 0.119. The highest BCUT2D eigenvalue weighted by Gasteiger charge is 2.17. The zero-order chi connectivity index (χ0) is 65.1. The van der Waals surface area contributed by atoms with Gasteiger partial charge in [0.1, 0.15) is 11.8 Å². The third-order valence-electron chi connectivity index (χ3n) is 18.0. The standard InChI is InChI=1S/C45H30N4.C43H28N6/c1-3-10-33(11-4-1)42-29-43(34-12-5-2-6-13-34)48-45(47-42)35-20-18-32(19-21-35)39-15-9-14-37-28-36(24-27-40(37)39)31-22-25-38(26-23-31)49-30-46-41-16-7-8-17-44(41)49;1-3-10-31(11-4-1)41-44-42(32-12-5-2-6-13-32)46-43(45-41)33-20-18-30(19-21-33)37-15-9-14-35-28-34(24-27-38(35)37)29-22-25-36(26-23-29)49-40-17-8-7-16-39(40)47-48-49/h1-30H;1-28H. The van der Waals surface area contributed by atoms with E-state index in [1.807, 2.05) is 151 Å². The fourth-order valence-electron chi connectivity index (χ4n) is 12.9. The van der Waals surface area contributed by atoms with Gasteiger partial charge in [0.25, 0.3) is 0 Å². The molecule has 0 aliphatic carbocycles. The summed E-state index contributed by atoms with van der Waals surface area (Å²) in [6, 6.07) is 120. The highest BCUT2D eigenvalue weighted by atomic mass is 15.4. The smallest absolute Gasteiger partial charge is 0.164 e. The number of imidazole rings is 1. The van der Waals surface area contributed by atoms with E-state index in [1.54, 1.807) is 0 Å². The highest BCUT2D eigenvalue weighted by Crippen LogP contribution is 2.37. The summed E-state index contributed by atoms with van der Waals surface area (Å²) in [5, 5.41) is 13.5. The van der Waals surface area contributed by atoms with Crippen molar-refractivity contribution >= 4 is 43.6 Å². The summed E-state index contributed by atoms with van der Waals surface area (Å²) >= 11 is 0. The van der Waals surface area contributed by atoms with Crippen molar-refractivity contribution in [3.8, 4) is 124 Å². The molecule has 0 atom stereocenters. The molecular weight excluding hydrogens is 1200 g/mol. The van der Waals surface area contributed by atoms with Crippen LogP contribution in [0.5, 0.6) is 0 Å². The molecule has 18 rings (SSSR count). The van der Waals surface area contributed by atoms with E-state index in [1.165, 1.54) is 43.8 Å². The van der Waals surface area contributed by atoms with Crippen LogP contribution in [0.3, 0.4) is 0 Å². The highest BCUT2D eigenvalue weighted by molar-refractivity contribution is 6.00. The number of rotatable bonds is 12. The first kappa shape index (κ1) is 58.4. The summed E-state index contributed by atoms with van der Waals surface area (Å²) in [4.78, 5) is 29.2. The lowest BCUT2D eigenvalue weighted by atomic mass is 9.94. The maximum Gasteiger partial charge on any atom is 0.164 e. The lowest BCUT2D eigenvalue weighted by molar-refractivity contribution is 0.824. The molecule has 4 aromatic heterocycles. The maximum atomic E-state index is 5.01. The van der Waals surface area contributed by atoms with Crippen molar-refractivity contribution in [2.45, 2.75) is 0 Å². The largest absolute Gasteiger partial charge is 0.299 e. The van der Waals surface area contributed by atoms with Gasteiger partial charge in [0.2, 0.25) is 0 Å². The Morgan fingerprint density at radius 2 is 0.612 bits per heavy atom. The van der Waals surface area contributed by atoms with Gasteiger partial charge in [-0.3, -0.25) is 4.57 Å². The SMILES string of the molecule is c1ccc(-c2cc(-c3ccccc3)nc(-c3ccc(-c4cccc5cc(-c6ccc(-n7cnc8ccccc87)cc6)ccc45)cc3)n2)cc1.c1ccc(-c2nc(-c3ccccc3)nc(-c3ccc(-c4cccc5cc(-c6ccc(-n7nnc8ccccc87)cc6)ccc45)cc3)n2)cc1. The minimum Gasteiger partial charge on any atom is -0.299 e. The van der Waals surface area contributed by atoms with Gasteiger partial charge in [-0.15, -0.1) is 5.10 Å². The Hall–Kier alpha value is -13.4. The van der Waals surface area contributed by atoms with E-state index in [0.29, 0.717) is 23.3 Å². The lowest BCUT2D eigenvalue weighted by Crippen LogP contribution is -2.00. The van der Waals surface area contributed by atoms with Crippen molar-refractivity contribution in [2.75, 3.05) is 0 Å². The van der Waals surface area contributed by atoms with Crippen LogP contribution in [0, 0.1) is 0 Å². The summed E-state index contributed by atoms with van der Waals surface area (Å²) in [5.74, 6) is 2.66. The molecule has 18 aromatic rings. The molecular formula is C88H58N10. The minimum absolute atomic E-state index is 0.643. The average molecular weight is 1260 g/mol. The Morgan fingerprint density at radius 3 is 1.10 bits per heavy atom. The fourth-order valence-corrected chi connectivity index (χ4v) is 12.9. The minimum atomic E-state index is 0.643. The Bertz CT molecular complexity index is 5400. The van der Waals surface area contributed by atoms with Crippen LogP contribution < -0.4 is 0 Å². The first-order valence-corrected chi connectivity index (χ1v) is 32.6. The van der Waals surface area contributed by atoms with Crippen LogP contribution in [-0.4, -0.2) is 49.5 Å². The second kappa shape index (κ2) is 25.8. The molecule has 0 fully saturated rings. The van der Waals surface area contributed by atoms with Gasteiger partial charge in [-0.2, -0.15) is 0 Å². The Labute approximate surface area is 565 Å². The number of nitrogens with zero attached hydrogens (tertiary/aromatic N) is 10. The van der Waals surface area contributed by atoms with Crippen LogP contribution >= 0.6 is 0 Å². The van der Waals surface area contributed by atoms with Crippen molar-refractivity contribution in [1.29, 1.82) is 0 Å². The number of hydrogen-bond donors (Lipinski definition) is 0. The van der Waals surface area contributed by atoms with E-state index in [4.69, 9.17) is 24.9 Å². The van der Waals surface area contributed by atoms with Crippen molar-refractivity contribution in [1.82, 2.24) is 49.5 Å². The number of para-hydroxylation sites is 3. The lowest BCUT2D eigenvalue weighted by Gasteiger charge is -2.12. The second-order valence-corrected chi connectivity index (χ2v) is 24.1. The van der Waals surface area contributed by atoms with Crippen molar-refractivity contribution in [3.05, 3.63) is 352 Å². The molecule has 0 aliphatic heterocycles. The van der Waals surface area contributed by atoms with E-state index in [9.17, 15) is 0 Å². The van der Waals surface area contributed by atoms with Gasteiger partial charge in [0.15, 0.2) is 23.3 Å². The molecule has 460 valence electrons. The van der Waals surface area contributed by atoms with Crippen molar-refractivity contribution in [2.24, 2.45) is 0 Å². The molecule has 0 aliphatic rings. The van der Waals surface area contributed by atoms with E-state index in [0.717, 1.165) is 100 Å². The third-order valence-corrected chi connectivity index (χ3v) is 18.0. The van der Waals surface area contributed by atoms with E-state index in [-0.39, 0.29) is 0 Å². The molecule has 10 heteroatoms. The van der Waals surface area contributed by atoms with Crippen molar-refractivity contribution in [3.63, 3.8) is 0 Å². The second-order valence-electron chi connectivity index (χ2n) is 24.1. The first-order valence-electron chi connectivity index (χ1n) is 32.6. The van der Waals surface area contributed by atoms with Gasteiger partial charge in [-0.1, -0.05) is 284 Å². The Kier molecular flexibility index (Phi) is 15.4. The van der Waals surface area contributed by atoms with Crippen LogP contribution in [0.2, 0.25) is 0 Å². The monoisotopic (exact) mass is 1250 g/mol. The average Bonchev–Trinajstić information content (AvgIpc) is 1.23. The van der Waals surface area contributed by atoms with Gasteiger partial charge in [0.05, 0.1) is 33.6 Å². The molecule has 0 N–H and O–H groups in total. The zero-order valence-electron chi connectivity index (χ0n) is 53.0. The molecule has 0 saturated heterocycles. The molecule has 0 bridgehead atoms. The normalized spacial score (nSPS) is 11.3.